The van der Waals surface area contributed by atoms with Crippen LogP contribution >= 0.6 is 11.6 Å². The van der Waals surface area contributed by atoms with E-state index < -0.39 is 24.3 Å². The van der Waals surface area contributed by atoms with Crippen molar-refractivity contribution in [2.24, 2.45) is 0 Å². The van der Waals surface area contributed by atoms with Crippen LogP contribution in [0.3, 0.4) is 0 Å². The Labute approximate surface area is 124 Å². The number of rotatable bonds is 3. The van der Waals surface area contributed by atoms with Gasteiger partial charge in [0.2, 0.25) is 0 Å². The van der Waals surface area contributed by atoms with Crippen LogP contribution in [0.25, 0.3) is 0 Å². The average molecular weight is 297 g/mol. The molecular weight excluding hydrogens is 278 g/mol. The summed E-state index contributed by atoms with van der Waals surface area (Å²) in [7, 11) is -0.489. The first-order chi connectivity index (χ1) is 9.12. The lowest BCUT2D eigenvalue weighted by molar-refractivity contribution is -0.136. The standard InChI is InChI=1S/C14H18BClO4/c1-13(2)14(3,4)20-15(19-13)10-6-5-9(7-12(17)18)11(16)8-10/h5-6,8H,7H2,1-4H3,(H,17,18). The van der Waals surface area contributed by atoms with Crippen LogP contribution in [0.5, 0.6) is 0 Å². The lowest BCUT2D eigenvalue weighted by Crippen LogP contribution is -2.41. The highest BCUT2D eigenvalue weighted by Gasteiger charge is 2.51. The molecule has 4 nitrogen and oxygen atoms in total. The zero-order chi connectivity index (χ0) is 15.1. The van der Waals surface area contributed by atoms with Gasteiger partial charge in [0, 0.05) is 5.02 Å². The minimum absolute atomic E-state index is 0.0948. The molecule has 1 aromatic carbocycles. The first kappa shape index (κ1) is 15.4. The third-order valence-electron chi connectivity index (χ3n) is 3.94. The highest BCUT2D eigenvalue weighted by atomic mass is 35.5. The van der Waals surface area contributed by atoms with Crippen LogP contribution in [0.2, 0.25) is 5.02 Å². The van der Waals surface area contributed by atoms with E-state index in [2.05, 4.69) is 0 Å². The molecule has 0 bridgehead atoms. The van der Waals surface area contributed by atoms with Gasteiger partial charge in [-0.3, -0.25) is 4.79 Å². The number of carboxylic acids is 1. The van der Waals surface area contributed by atoms with Gasteiger partial charge in [0.05, 0.1) is 17.6 Å². The van der Waals surface area contributed by atoms with Gasteiger partial charge in [-0.1, -0.05) is 23.7 Å². The summed E-state index contributed by atoms with van der Waals surface area (Å²) in [6.07, 6.45) is -0.0948. The summed E-state index contributed by atoms with van der Waals surface area (Å²) in [6.45, 7) is 7.92. The summed E-state index contributed by atoms with van der Waals surface area (Å²) in [5.41, 5.74) is 0.551. The Bertz CT molecular complexity index is 526. The molecule has 0 amide bonds. The van der Waals surface area contributed by atoms with Crippen molar-refractivity contribution >= 4 is 30.2 Å². The Balaban J connectivity index is 2.24. The molecule has 1 aliphatic heterocycles. The van der Waals surface area contributed by atoms with Crippen molar-refractivity contribution in [2.75, 3.05) is 0 Å². The number of hydrogen-bond donors (Lipinski definition) is 1. The first-order valence-corrected chi connectivity index (χ1v) is 6.86. The summed E-state index contributed by atoms with van der Waals surface area (Å²) in [6, 6.07) is 5.21. The number of carboxylic acid groups (broad SMARTS) is 1. The van der Waals surface area contributed by atoms with E-state index in [1.807, 2.05) is 27.7 Å². The van der Waals surface area contributed by atoms with E-state index in [0.29, 0.717) is 10.6 Å². The van der Waals surface area contributed by atoms with Gasteiger partial charge in [-0.2, -0.15) is 0 Å². The normalized spacial score (nSPS) is 20.1. The van der Waals surface area contributed by atoms with Gasteiger partial charge >= 0.3 is 13.1 Å². The SMILES string of the molecule is CC1(C)OB(c2ccc(CC(=O)O)c(Cl)c2)OC1(C)C. The topological polar surface area (TPSA) is 55.8 Å². The Kier molecular flexibility index (Phi) is 3.89. The van der Waals surface area contributed by atoms with Crippen LogP contribution in [0.4, 0.5) is 0 Å². The molecule has 0 aromatic heterocycles. The molecule has 1 saturated heterocycles. The van der Waals surface area contributed by atoms with E-state index in [4.69, 9.17) is 26.0 Å². The fraction of sp³-hybridized carbons (Fsp3) is 0.500. The van der Waals surface area contributed by atoms with Gasteiger partial charge < -0.3 is 14.4 Å². The van der Waals surface area contributed by atoms with Crippen molar-refractivity contribution in [3.8, 4) is 0 Å². The van der Waals surface area contributed by atoms with E-state index in [9.17, 15) is 4.79 Å². The molecular formula is C14H18BClO4. The van der Waals surface area contributed by atoms with Gasteiger partial charge in [0.25, 0.3) is 0 Å². The van der Waals surface area contributed by atoms with E-state index in [0.717, 1.165) is 5.46 Å². The Morgan fingerprint density at radius 2 is 1.80 bits per heavy atom. The molecule has 108 valence electrons. The van der Waals surface area contributed by atoms with Gasteiger partial charge in [0.1, 0.15) is 0 Å². The fourth-order valence-electron chi connectivity index (χ4n) is 2.00. The van der Waals surface area contributed by atoms with Crippen LogP contribution in [-0.2, 0) is 20.5 Å². The molecule has 1 heterocycles. The van der Waals surface area contributed by atoms with Gasteiger partial charge in [-0.05, 0) is 44.8 Å². The number of aliphatic carboxylic acids is 1. The van der Waals surface area contributed by atoms with Crippen LogP contribution in [0, 0.1) is 0 Å². The molecule has 1 N–H and O–H groups in total. The Morgan fingerprint density at radius 1 is 1.25 bits per heavy atom. The summed E-state index contributed by atoms with van der Waals surface area (Å²) < 4.78 is 11.9. The molecule has 0 aliphatic carbocycles. The molecule has 0 unspecified atom stereocenters. The molecule has 1 fully saturated rings. The second kappa shape index (κ2) is 5.06. The fourth-order valence-corrected chi connectivity index (χ4v) is 2.25. The maximum Gasteiger partial charge on any atom is 0.494 e. The summed E-state index contributed by atoms with van der Waals surface area (Å²) in [4.78, 5) is 10.7. The highest BCUT2D eigenvalue weighted by Crippen LogP contribution is 2.36. The molecule has 1 aliphatic rings. The smallest absolute Gasteiger partial charge is 0.481 e. The maximum atomic E-state index is 10.7. The van der Waals surface area contributed by atoms with E-state index in [1.54, 1.807) is 18.2 Å². The van der Waals surface area contributed by atoms with Gasteiger partial charge in [0.15, 0.2) is 0 Å². The van der Waals surface area contributed by atoms with Crippen LogP contribution in [-0.4, -0.2) is 29.4 Å². The minimum atomic E-state index is -0.907. The van der Waals surface area contributed by atoms with Gasteiger partial charge in [-0.15, -0.1) is 0 Å². The third-order valence-corrected chi connectivity index (χ3v) is 4.30. The highest BCUT2D eigenvalue weighted by molar-refractivity contribution is 6.62. The predicted octanol–water partition coefficient (Wildman–Crippen LogP) is 2.27. The van der Waals surface area contributed by atoms with Crippen molar-refractivity contribution in [1.29, 1.82) is 0 Å². The second-order valence-corrected chi connectivity index (χ2v) is 6.42. The monoisotopic (exact) mass is 296 g/mol. The summed E-state index contributed by atoms with van der Waals surface area (Å²) in [5, 5.41) is 9.22. The summed E-state index contributed by atoms with van der Waals surface area (Å²) >= 11 is 6.12. The van der Waals surface area contributed by atoms with Crippen LogP contribution in [0.1, 0.15) is 33.3 Å². The molecule has 20 heavy (non-hydrogen) atoms. The molecule has 0 spiro atoms. The number of hydrogen-bond acceptors (Lipinski definition) is 3. The molecule has 1 aromatic rings. The predicted molar refractivity (Wildman–Crippen MR) is 78.5 cm³/mol. The molecule has 0 atom stereocenters. The third kappa shape index (κ3) is 2.85. The number of carbonyl (C=O) groups is 1. The van der Waals surface area contributed by atoms with Gasteiger partial charge in [-0.25, -0.2) is 0 Å². The quantitative estimate of drug-likeness (QED) is 0.869. The van der Waals surface area contributed by atoms with Crippen LogP contribution in [0.15, 0.2) is 18.2 Å². The van der Waals surface area contributed by atoms with E-state index >= 15 is 0 Å². The zero-order valence-corrected chi connectivity index (χ0v) is 12.8. The molecule has 0 saturated carbocycles. The van der Waals surface area contributed by atoms with Crippen LogP contribution < -0.4 is 5.46 Å². The van der Waals surface area contributed by atoms with E-state index in [1.165, 1.54) is 0 Å². The average Bonchev–Trinajstić information content (AvgIpc) is 2.50. The Hall–Kier alpha value is -1.04. The van der Waals surface area contributed by atoms with Crippen molar-refractivity contribution in [3.63, 3.8) is 0 Å². The number of halogens is 1. The van der Waals surface area contributed by atoms with E-state index in [-0.39, 0.29) is 6.42 Å². The lowest BCUT2D eigenvalue weighted by atomic mass is 9.78. The first-order valence-electron chi connectivity index (χ1n) is 6.48. The molecule has 0 radical (unpaired) electrons. The lowest BCUT2D eigenvalue weighted by Gasteiger charge is -2.32. The van der Waals surface area contributed by atoms with Crippen molar-refractivity contribution < 1.29 is 19.2 Å². The minimum Gasteiger partial charge on any atom is -0.481 e. The molecule has 6 heteroatoms. The Morgan fingerprint density at radius 3 is 2.25 bits per heavy atom. The number of benzene rings is 1. The second-order valence-electron chi connectivity index (χ2n) is 6.01. The summed E-state index contributed by atoms with van der Waals surface area (Å²) in [5.74, 6) is -0.907. The van der Waals surface area contributed by atoms with Crippen molar-refractivity contribution in [2.45, 2.75) is 45.3 Å². The molecule has 2 rings (SSSR count). The maximum absolute atomic E-state index is 10.7. The zero-order valence-electron chi connectivity index (χ0n) is 12.1. The largest absolute Gasteiger partial charge is 0.494 e. The van der Waals surface area contributed by atoms with Crippen molar-refractivity contribution in [3.05, 3.63) is 28.8 Å². The van der Waals surface area contributed by atoms with Crippen molar-refractivity contribution in [1.82, 2.24) is 0 Å².